The molecule has 1 N–H and O–H groups in total. The van der Waals surface area contributed by atoms with Crippen molar-refractivity contribution < 1.29 is 14.2 Å². The summed E-state index contributed by atoms with van der Waals surface area (Å²) < 4.78 is 17.9. The number of hydrogen-bond acceptors (Lipinski definition) is 7. The van der Waals surface area contributed by atoms with Gasteiger partial charge in [-0.15, -0.1) is 10.2 Å². The Morgan fingerprint density at radius 1 is 1.20 bits per heavy atom. The molecule has 1 aromatic carbocycles. The fourth-order valence-corrected chi connectivity index (χ4v) is 2.94. The highest BCUT2D eigenvalue weighted by Crippen LogP contribution is 2.26. The summed E-state index contributed by atoms with van der Waals surface area (Å²) in [4.78, 5) is 0. The molecule has 130 valence electrons. The summed E-state index contributed by atoms with van der Waals surface area (Å²) >= 11 is 0. The lowest BCUT2D eigenvalue weighted by atomic mass is 10.1. The largest absolute Gasteiger partial charge is 0.497 e. The zero-order valence-electron chi connectivity index (χ0n) is 14.0. The lowest BCUT2D eigenvalue weighted by molar-refractivity contribution is 0.0795. The Hall–Kier alpha value is -2.71. The van der Waals surface area contributed by atoms with Crippen LogP contribution < -0.4 is 10.1 Å². The first-order valence-electron chi connectivity index (χ1n) is 8.01. The maximum absolute atomic E-state index is 5.51. The molecule has 0 amide bonds. The predicted octanol–water partition coefficient (Wildman–Crippen LogP) is 1.63. The second-order valence-corrected chi connectivity index (χ2v) is 5.83. The van der Waals surface area contributed by atoms with Gasteiger partial charge in [-0.05, 0) is 30.3 Å². The maximum atomic E-state index is 5.51. The number of aromatic nitrogens is 4. The monoisotopic (exact) mass is 341 g/mol. The molecular formula is C17H19N5O3. The summed E-state index contributed by atoms with van der Waals surface area (Å²) in [7, 11) is 3.34. The van der Waals surface area contributed by atoms with Crippen LogP contribution in [-0.2, 0) is 9.47 Å². The van der Waals surface area contributed by atoms with Gasteiger partial charge in [0.25, 0.3) is 0 Å². The minimum atomic E-state index is 0.000531. The molecule has 3 heterocycles. The number of hydrogen-bond donors (Lipinski definition) is 1. The molecule has 0 unspecified atom stereocenters. The highest BCUT2D eigenvalue weighted by molar-refractivity contribution is 5.73. The van der Waals surface area contributed by atoms with E-state index in [-0.39, 0.29) is 12.1 Å². The maximum Gasteiger partial charge on any atom is 0.200 e. The molecule has 1 aliphatic heterocycles. The average molecular weight is 341 g/mol. The van der Waals surface area contributed by atoms with E-state index in [0.29, 0.717) is 18.9 Å². The van der Waals surface area contributed by atoms with Crippen LogP contribution in [0.15, 0.2) is 36.7 Å². The van der Waals surface area contributed by atoms with Crippen molar-refractivity contribution in [1.29, 1.82) is 0 Å². The van der Waals surface area contributed by atoms with Crippen molar-refractivity contribution in [3.8, 4) is 17.0 Å². The van der Waals surface area contributed by atoms with Gasteiger partial charge in [-0.2, -0.15) is 9.61 Å². The molecule has 2 aromatic heterocycles. The number of fused-ring (bicyclic) bond motifs is 1. The van der Waals surface area contributed by atoms with Crippen LogP contribution in [0.25, 0.3) is 16.9 Å². The second-order valence-electron chi connectivity index (χ2n) is 5.83. The normalized spacial score (nSPS) is 20.1. The number of rotatable bonds is 5. The Morgan fingerprint density at radius 3 is 2.80 bits per heavy atom. The molecule has 8 heteroatoms. The molecule has 0 bridgehead atoms. The third-order valence-electron chi connectivity index (χ3n) is 4.33. The Morgan fingerprint density at radius 2 is 2.04 bits per heavy atom. The summed E-state index contributed by atoms with van der Waals surface area (Å²) in [6.45, 7) is 1.16. The number of nitrogens with one attached hydrogen (secondary N) is 1. The molecule has 2 atom stereocenters. The molecule has 0 spiro atoms. The van der Waals surface area contributed by atoms with Crippen LogP contribution in [0, 0.1) is 0 Å². The van der Waals surface area contributed by atoms with E-state index in [1.807, 2.05) is 30.3 Å². The van der Waals surface area contributed by atoms with Crippen molar-refractivity contribution in [3.05, 3.63) is 36.7 Å². The van der Waals surface area contributed by atoms with Crippen molar-refractivity contribution in [1.82, 2.24) is 19.8 Å². The van der Waals surface area contributed by atoms with Gasteiger partial charge in [0.15, 0.2) is 0 Å². The number of methoxy groups -OCH3 is 2. The molecule has 0 saturated carbocycles. The molecule has 0 radical (unpaired) electrons. The van der Waals surface area contributed by atoms with Gasteiger partial charge in [0, 0.05) is 12.7 Å². The fourth-order valence-electron chi connectivity index (χ4n) is 2.94. The molecule has 3 aromatic rings. The zero-order valence-corrected chi connectivity index (χ0v) is 14.0. The highest BCUT2D eigenvalue weighted by atomic mass is 16.5. The Balaban J connectivity index is 1.71. The second kappa shape index (κ2) is 6.66. The minimum Gasteiger partial charge on any atom is -0.497 e. The predicted molar refractivity (Wildman–Crippen MR) is 91.8 cm³/mol. The van der Waals surface area contributed by atoms with Gasteiger partial charge in [-0.3, -0.25) is 0 Å². The van der Waals surface area contributed by atoms with Gasteiger partial charge >= 0.3 is 0 Å². The summed E-state index contributed by atoms with van der Waals surface area (Å²) in [6.07, 6.45) is 1.59. The summed E-state index contributed by atoms with van der Waals surface area (Å²) in [5.74, 6) is 0.804. The minimum absolute atomic E-state index is 0.000531. The van der Waals surface area contributed by atoms with E-state index in [1.54, 1.807) is 25.1 Å². The van der Waals surface area contributed by atoms with Crippen LogP contribution in [0.3, 0.4) is 0 Å². The first-order valence-corrected chi connectivity index (χ1v) is 8.01. The van der Waals surface area contributed by atoms with Crippen molar-refractivity contribution >= 4 is 11.3 Å². The Labute approximate surface area is 144 Å². The van der Waals surface area contributed by atoms with Gasteiger partial charge in [0.2, 0.25) is 5.65 Å². The van der Waals surface area contributed by atoms with E-state index >= 15 is 0 Å². The summed E-state index contributed by atoms with van der Waals surface area (Å²) in [5, 5.41) is 16.2. The number of ether oxygens (including phenoxy) is 3. The SMILES string of the molecule is COc1ccc(-c2cc(N[C@H]3COC[C@H]3OC)c3nncn3n2)cc1. The van der Waals surface area contributed by atoms with Crippen LogP contribution >= 0.6 is 0 Å². The molecule has 1 saturated heterocycles. The zero-order chi connectivity index (χ0) is 17.2. The van der Waals surface area contributed by atoms with Crippen molar-refractivity contribution in [2.24, 2.45) is 0 Å². The molecule has 8 nitrogen and oxygen atoms in total. The van der Waals surface area contributed by atoms with Crippen LogP contribution in [0.1, 0.15) is 0 Å². The van der Waals surface area contributed by atoms with Crippen LogP contribution in [0.4, 0.5) is 5.69 Å². The van der Waals surface area contributed by atoms with Gasteiger partial charge in [0.05, 0.1) is 37.7 Å². The van der Waals surface area contributed by atoms with E-state index < -0.39 is 0 Å². The van der Waals surface area contributed by atoms with Crippen molar-refractivity contribution in [2.45, 2.75) is 12.1 Å². The van der Waals surface area contributed by atoms with Crippen LogP contribution in [-0.4, -0.2) is 59.4 Å². The van der Waals surface area contributed by atoms with E-state index in [2.05, 4.69) is 20.6 Å². The smallest absolute Gasteiger partial charge is 0.200 e. The van der Waals surface area contributed by atoms with E-state index in [1.165, 1.54) is 0 Å². The number of benzene rings is 1. The van der Waals surface area contributed by atoms with Crippen molar-refractivity contribution in [2.75, 3.05) is 32.8 Å². The third-order valence-corrected chi connectivity index (χ3v) is 4.33. The quantitative estimate of drug-likeness (QED) is 0.755. The Kier molecular flexibility index (Phi) is 4.21. The van der Waals surface area contributed by atoms with Crippen LogP contribution in [0.2, 0.25) is 0 Å². The van der Waals surface area contributed by atoms with Crippen LogP contribution in [0.5, 0.6) is 5.75 Å². The number of nitrogens with zero attached hydrogens (tertiary/aromatic N) is 4. The molecule has 1 fully saturated rings. The third kappa shape index (κ3) is 3.01. The van der Waals surface area contributed by atoms with Gasteiger partial charge in [-0.1, -0.05) is 0 Å². The first kappa shape index (κ1) is 15.8. The summed E-state index contributed by atoms with van der Waals surface area (Å²) in [6, 6.07) is 9.78. The van der Waals surface area contributed by atoms with E-state index in [0.717, 1.165) is 22.7 Å². The topological polar surface area (TPSA) is 82.8 Å². The van der Waals surface area contributed by atoms with Gasteiger partial charge < -0.3 is 19.5 Å². The van der Waals surface area contributed by atoms with E-state index in [4.69, 9.17) is 14.2 Å². The molecule has 4 rings (SSSR count). The Bertz CT molecular complexity index is 864. The van der Waals surface area contributed by atoms with Gasteiger partial charge in [0.1, 0.15) is 18.2 Å². The molecule has 25 heavy (non-hydrogen) atoms. The lowest BCUT2D eigenvalue weighted by Gasteiger charge is -2.19. The summed E-state index contributed by atoms with van der Waals surface area (Å²) in [5.41, 5.74) is 3.30. The fraction of sp³-hybridized carbons (Fsp3) is 0.353. The van der Waals surface area contributed by atoms with E-state index in [9.17, 15) is 0 Å². The highest BCUT2D eigenvalue weighted by Gasteiger charge is 2.29. The average Bonchev–Trinajstić information content (AvgIpc) is 3.30. The van der Waals surface area contributed by atoms with Gasteiger partial charge in [-0.25, -0.2) is 0 Å². The molecule has 0 aliphatic carbocycles. The molecule has 1 aliphatic rings. The lowest BCUT2D eigenvalue weighted by Crippen LogP contribution is -2.33. The van der Waals surface area contributed by atoms with Crippen molar-refractivity contribution in [3.63, 3.8) is 0 Å². The first-order chi connectivity index (χ1) is 12.3. The standard InChI is InChI=1S/C17H19N5O3/c1-23-12-5-3-11(4-6-12)13-7-14(17-20-18-10-22(17)21-13)19-15-8-25-9-16(15)24-2/h3-7,10,15-16,19H,8-9H2,1-2H3/t15-,16+/m0/s1. The number of anilines is 1. The molecular weight excluding hydrogens is 322 g/mol.